The van der Waals surface area contributed by atoms with Crippen molar-refractivity contribution in [1.82, 2.24) is 0 Å². The van der Waals surface area contributed by atoms with E-state index < -0.39 is 5.97 Å². The van der Waals surface area contributed by atoms with E-state index in [0.29, 0.717) is 11.3 Å². The number of nitrogens with two attached hydrogens (primary N) is 1. The van der Waals surface area contributed by atoms with Crippen molar-refractivity contribution in [2.45, 2.75) is 6.42 Å². The summed E-state index contributed by atoms with van der Waals surface area (Å²) in [5.74, 6) is 1.28. The van der Waals surface area contributed by atoms with Gasteiger partial charge in [-0.15, -0.1) is 0 Å². The van der Waals surface area contributed by atoms with Crippen LogP contribution >= 0.6 is 11.8 Å². The number of hydrogen-bond acceptors (Lipinski definition) is 4. The first-order valence-corrected chi connectivity index (χ1v) is 6.79. The molecule has 1 aliphatic heterocycles. The minimum Gasteiger partial charge on any atom is -0.478 e. The minimum absolute atomic E-state index is 0.339. The summed E-state index contributed by atoms with van der Waals surface area (Å²) in [5, 5.41) is 9.18. The Kier molecular flexibility index (Phi) is 3.78. The maximum atomic E-state index is 11.2. The van der Waals surface area contributed by atoms with E-state index in [1.165, 1.54) is 0 Å². The molecule has 17 heavy (non-hydrogen) atoms. The molecule has 1 heterocycles. The summed E-state index contributed by atoms with van der Waals surface area (Å²) in [6.07, 6.45) is 1.08. The Balaban J connectivity index is 2.34. The van der Waals surface area contributed by atoms with Gasteiger partial charge in [0.2, 0.25) is 0 Å². The van der Waals surface area contributed by atoms with Gasteiger partial charge < -0.3 is 15.7 Å². The van der Waals surface area contributed by atoms with Gasteiger partial charge in [-0.3, -0.25) is 0 Å². The summed E-state index contributed by atoms with van der Waals surface area (Å²) < 4.78 is 0. The first kappa shape index (κ1) is 12.1. The van der Waals surface area contributed by atoms with Crippen molar-refractivity contribution in [3.05, 3.63) is 23.8 Å². The van der Waals surface area contributed by atoms with Gasteiger partial charge in [0.25, 0.3) is 0 Å². The molecule has 0 spiro atoms. The summed E-state index contributed by atoms with van der Waals surface area (Å²) in [6, 6.07) is 4.99. The maximum absolute atomic E-state index is 11.2. The highest BCUT2D eigenvalue weighted by Crippen LogP contribution is 2.26. The molecule has 92 valence electrons. The molecule has 5 heteroatoms. The fourth-order valence-corrected chi connectivity index (χ4v) is 2.86. The zero-order valence-corrected chi connectivity index (χ0v) is 10.4. The lowest BCUT2D eigenvalue weighted by Gasteiger charge is -2.24. The van der Waals surface area contributed by atoms with Crippen LogP contribution in [0.25, 0.3) is 0 Å². The number of carboxylic acids is 1. The largest absolute Gasteiger partial charge is 0.478 e. The molecular weight excluding hydrogens is 236 g/mol. The lowest BCUT2D eigenvalue weighted by molar-refractivity contribution is 0.0697. The Morgan fingerprint density at radius 3 is 2.94 bits per heavy atom. The number of benzene rings is 1. The van der Waals surface area contributed by atoms with Crippen molar-refractivity contribution >= 4 is 29.1 Å². The topological polar surface area (TPSA) is 66.6 Å². The van der Waals surface area contributed by atoms with Crippen LogP contribution < -0.4 is 10.6 Å². The molecule has 1 fully saturated rings. The molecule has 0 amide bonds. The van der Waals surface area contributed by atoms with Gasteiger partial charge in [-0.25, -0.2) is 4.79 Å². The van der Waals surface area contributed by atoms with Crippen molar-refractivity contribution in [3.8, 4) is 0 Å². The third-order valence-electron chi connectivity index (χ3n) is 2.82. The highest BCUT2D eigenvalue weighted by molar-refractivity contribution is 7.99. The number of hydrogen-bond donors (Lipinski definition) is 2. The first-order chi connectivity index (χ1) is 8.18. The van der Waals surface area contributed by atoms with E-state index in [2.05, 4.69) is 4.90 Å². The smallest absolute Gasteiger partial charge is 0.337 e. The molecule has 4 nitrogen and oxygen atoms in total. The first-order valence-electron chi connectivity index (χ1n) is 5.64. The Hall–Kier alpha value is -1.36. The van der Waals surface area contributed by atoms with Crippen molar-refractivity contribution < 1.29 is 9.90 Å². The van der Waals surface area contributed by atoms with Crippen molar-refractivity contribution in [2.24, 2.45) is 0 Å². The molecule has 0 aromatic heterocycles. The van der Waals surface area contributed by atoms with Gasteiger partial charge >= 0.3 is 5.97 Å². The molecule has 0 bridgehead atoms. The number of carboxylic acid groups (broad SMARTS) is 1. The van der Waals surface area contributed by atoms with E-state index in [4.69, 9.17) is 5.73 Å². The highest BCUT2D eigenvalue weighted by atomic mass is 32.2. The predicted octanol–water partition coefficient (Wildman–Crippen LogP) is 1.91. The van der Waals surface area contributed by atoms with E-state index in [-0.39, 0.29) is 0 Å². The van der Waals surface area contributed by atoms with Gasteiger partial charge in [0, 0.05) is 24.5 Å². The molecule has 1 aromatic carbocycles. The Morgan fingerprint density at radius 2 is 2.18 bits per heavy atom. The summed E-state index contributed by atoms with van der Waals surface area (Å²) >= 11 is 1.91. The Bertz CT molecular complexity index is 415. The number of thioether (sulfide) groups is 1. The van der Waals surface area contributed by atoms with Gasteiger partial charge in [-0.2, -0.15) is 11.8 Å². The van der Waals surface area contributed by atoms with Crippen LogP contribution in [-0.4, -0.2) is 35.7 Å². The second kappa shape index (κ2) is 5.31. The van der Waals surface area contributed by atoms with E-state index >= 15 is 0 Å². The van der Waals surface area contributed by atoms with Crippen molar-refractivity contribution in [1.29, 1.82) is 0 Å². The monoisotopic (exact) mass is 252 g/mol. The average molecular weight is 252 g/mol. The molecule has 0 atom stereocenters. The van der Waals surface area contributed by atoms with Crippen LogP contribution in [0.5, 0.6) is 0 Å². The van der Waals surface area contributed by atoms with Gasteiger partial charge in [0.15, 0.2) is 0 Å². The molecule has 1 aliphatic rings. The van der Waals surface area contributed by atoms with Crippen LogP contribution in [0.3, 0.4) is 0 Å². The van der Waals surface area contributed by atoms with Gasteiger partial charge in [-0.1, -0.05) is 0 Å². The molecule has 0 radical (unpaired) electrons. The number of aromatic carboxylic acids is 1. The number of anilines is 2. The third-order valence-corrected chi connectivity index (χ3v) is 3.86. The van der Waals surface area contributed by atoms with Crippen LogP contribution in [0, 0.1) is 0 Å². The predicted molar refractivity (Wildman–Crippen MR) is 72.0 cm³/mol. The van der Waals surface area contributed by atoms with E-state index in [1.807, 2.05) is 11.8 Å². The maximum Gasteiger partial charge on any atom is 0.337 e. The molecule has 2 rings (SSSR count). The standard InChI is InChI=1S/C12H16N2O2S/c13-9-2-3-10(12(15)16)11(8-9)14-4-1-6-17-7-5-14/h2-3,8H,1,4-7,13H2,(H,15,16). The van der Waals surface area contributed by atoms with Crippen LogP contribution in [0.15, 0.2) is 18.2 Å². The molecule has 0 unspecified atom stereocenters. The van der Waals surface area contributed by atoms with Crippen LogP contribution in [0.1, 0.15) is 16.8 Å². The zero-order chi connectivity index (χ0) is 12.3. The molecular formula is C12H16N2O2S. The minimum atomic E-state index is -0.892. The van der Waals surface area contributed by atoms with E-state index in [9.17, 15) is 9.90 Å². The van der Waals surface area contributed by atoms with Gasteiger partial charge in [0.1, 0.15) is 0 Å². The van der Waals surface area contributed by atoms with Gasteiger partial charge in [0.05, 0.1) is 11.3 Å². The lowest BCUT2D eigenvalue weighted by atomic mass is 10.1. The lowest BCUT2D eigenvalue weighted by Crippen LogP contribution is -2.27. The van der Waals surface area contributed by atoms with E-state index in [0.717, 1.165) is 36.7 Å². The second-order valence-corrected chi connectivity index (χ2v) is 5.26. The molecule has 0 saturated carbocycles. The number of nitrogen functional groups attached to an aromatic ring is 1. The summed E-state index contributed by atoms with van der Waals surface area (Å²) in [5.41, 5.74) is 7.45. The third kappa shape index (κ3) is 2.85. The Labute approximate surface area is 105 Å². The fraction of sp³-hybridized carbons (Fsp3) is 0.417. The van der Waals surface area contributed by atoms with Crippen LogP contribution in [-0.2, 0) is 0 Å². The second-order valence-electron chi connectivity index (χ2n) is 4.03. The molecule has 1 aromatic rings. The summed E-state index contributed by atoms with van der Waals surface area (Å²) in [7, 11) is 0. The SMILES string of the molecule is Nc1ccc(C(=O)O)c(N2CCCSCC2)c1. The number of rotatable bonds is 2. The Morgan fingerprint density at radius 1 is 1.35 bits per heavy atom. The van der Waals surface area contributed by atoms with Crippen molar-refractivity contribution in [3.63, 3.8) is 0 Å². The average Bonchev–Trinajstić information content (AvgIpc) is 2.56. The molecule has 1 saturated heterocycles. The summed E-state index contributed by atoms with van der Waals surface area (Å²) in [4.78, 5) is 13.3. The molecule has 0 aliphatic carbocycles. The molecule has 3 N–H and O–H groups in total. The van der Waals surface area contributed by atoms with Crippen LogP contribution in [0.4, 0.5) is 11.4 Å². The van der Waals surface area contributed by atoms with Crippen molar-refractivity contribution in [2.75, 3.05) is 35.2 Å². The van der Waals surface area contributed by atoms with Gasteiger partial charge in [-0.05, 0) is 30.4 Å². The number of carbonyl (C=O) groups is 1. The fourth-order valence-electron chi connectivity index (χ4n) is 1.98. The number of nitrogens with zero attached hydrogens (tertiary/aromatic N) is 1. The highest BCUT2D eigenvalue weighted by Gasteiger charge is 2.17. The zero-order valence-electron chi connectivity index (χ0n) is 9.56. The summed E-state index contributed by atoms with van der Waals surface area (Å²) in [6.45, 7) is 1.78. The quantitative estimate of drug-likeness (QED) is 0.787. The normalized spacial score (nSPS) is 16.6. The van der Waals surface area contributed by atoms with Crippen LogP contribution in [0.2, 0.25) is 0 Å². The van der Waals surface area contributed by atoms with E-state index in [1.54, 1.807) is 18.2 Å².